The van der Waals surface area contributed by atoms with E-state index in [0.29, 0.717) is 12.5 Å². The molecule has 0 N–H and O–H groups in total. The molecule has 2 aliphatic rings. The number of hydrogen-bond acceptors (Lipinski definition) is 2. The van der Waals surface area contributed by atoms with Crippen molar-refractivity contribution in [3.8, 4) is 0 Å². The van der Waals surface area contributed by atoms with Crippen LogP contribution in [0.25, 0.3) is 0 Å². The number of likely N-dealkylation sites (N-methyl/N-ethyl adjacent to an activating group) is 1. The van der Waals surface area contributed by atoms with Crippen LogP contribution in [0.4, 0.5) is 0 Å². The highest BCUT2D eigenvalue weighted by molar-refractivity contribution is 6.08. The van der Waals surface area contributed by atoms with Gasteiger partial charge in [-0.25, -0.2) is 0 Å². The van der Waals surface area contributed by atoms with Gasteiger partial charge in [0, 0.05) is 7.05 Å². The monoisotopic (exact) mass is 167 g/mol. The Morgan fingerprint density at radius 3 is 2.33 bits per heavy atom. The van der Waals surface area contributed by atoms with Gasteiger partial charge in [0.1, 0.15) is 5.92 Å². The van der Waals surface area contributed by atoms with Crippen molar-refractivity contribution in [3.63, 3.8) is 0 Å². The summed E-state index contributed by atoms with van der Waals surface area (Å²) in [7, 11) is 1.71. The fraction of sp³-hybridized carbons (Fsp3) is 0.778. The van der Waals surface area contributed by atoms with E-state index >= 15 is 0 Å². The Morgan fingerprint density at radius 2 is 2.00 bits per heavy atom. The Kier molecular flexibility index (Phi) is 1.67. The number of ketones is 1. The van der Waals surface area contributed by atoms with Crippen LogP contribution in [0, 0.1) is 11.8 Å². The van der Waals surface area contributed by atoms with Gasteiger partial charge in [-0.15, -0.1) is 0 Å². The van der Waals surface area contributed by atoms with Crippen LogP contribution in [0.15, 0.2) is 0 Å². The standard InChI is InChI=1S/C9H13NO2/c1-10-5-7(11)8(9(10)12)6-3-2-4-6/h6,8H,2-5H2,1H3. The van der Waals surface area contributed by atoms with E-state index in [2.05, 4.69) is 0 Å². The van der Waals surface area contributed by atoms with E-state index in [0.717, 1.165) is 12.8 Å². The summed E-state index contributed by atoms with van der Waals surface area (Å²) < 4.78 is 0. The van der Waals surface area contributed by atoms with Crippen molar-refractivity contribution in [2.75, 3.05) is 13.6 Å². The SMILES string of the molecule is CN1CC(=O)C(C2CCC2)C1=O. The molecule has 2 rings (SSSR count). The lowest BCUT2D eigenvalue weighted by atomic mass is 9.75. The molecule has 3 nitrogen and oxygen atoms in total. The summed E-state index contributed by atoms with van der Waals surface area (Å²) in [4.78, 5) is 24.4. The zero-order chi connectivity index (χ0) is 8.72. The predicted octanol–water partition coefficient (Wildman–Crippen LogP) is 0.444. The van der Waals surface area contributed by atoms with E-state index in [-0.39, 0.29) is 17.6 Å². The van der Waals surface area contributed by atoms with Gasteiger partial charge in [0.05, 0.1) is 6.54 Å². The Bertz CT molecular complexity index is 233. The van der Waals surface area contributed by atoms with Gasteiger partial charge in [0.2, 0.25) is 5.91 Å². The van der Waals surface area contributed by atoms with Crippen LogP contribution in [-0.2, 0) is 9.59 Å². The van der Waals surface area contributed by atoms with Gasteiger partial charge in [0.15, 0.2) is 5.78 Å². The van der Waals surface area contributed by atoms with Crippen molar-refractivity contribution in [2.45, 2.75) is 19.3 Å². The molecule has 1 unspecified atom stereocenters. The molecule has 3 heteroatoms. The van der Waals surface area contributed by atoms with Crippen LogP contribution in [0.5, 0.6) is 0 Å². The third-order valence-corrected chi connectivity index (χ3v) is 3.00. The molecule has 0 aromatic carbocycles. The third kappa shape index (κ3) is 0.958. The number of nitrogens with zero attached hydrogens (tertiary/aromatic N) is 1. The first-order valence-corrected chi connectivity index (χ1v) is 4.48. The maximum Gasteiger partial charge on any atom is 0.233 e. The lowest BCUT2D eigenvalue weighted by Gasteiger charge is -2.28. The maximum absolute atomic E-state index is 11.5. The molecule has 0 aromatic heterocycles. The van der Waals surface area contributed by atoms with E-state index in [1.165, 1.54) is 6.42 Å². The highest BCUT2D eigenvalue weighted by atomic mass is 16.2. The Hall–Kier alpha value is -0.860. The Labute approximate surface area is 71.7 Å². The largest absolute Gasteiger partial charge is 0.338 e. The van der Waals surface area contributed by atoms with E-state index < -0.39 is 0 Å². The fourth-order valence-electron chi connectivity index (χ4n) is 2.02. The maximum atomic E-state index is 11.5. The van der Waals surface area contributed by atoms with E-state index in [1.807, 2.05) is 0 Å². The number of Topliss-reactive ketones (excluding diaryl/α,β-unsaturated/α-hetero) is 1. The smallest absolute Gasteiger partial charge is 0.233 e. The molecule has 1 aliphatic carbocycles. The average Bonchev–Trinajstić information content (AvgIpc) is 2.13. The van der Waals surface area contributed by atoms with Gasteiger partial charge in [0.25, 0.3) is 0 Å². The molecule has 0 spiro atoms. The molecule has 1 saturated carbocycles. The first-order chi connectivity index (χ1) is 5.70. The lowest BCUT2D eigenvalue weighted by molar-refractivity contribution is -0.134. The van der Waals surface area contributed by atoms with Crippen molar-refractivity contribution in [1.82, 2.24) is 4.90 Å². The second-order valence-electron chi connectivity index (χ2n) is 3.83. The summed E-state index contributed by atoms with van der Waals surface area (Å²) in [6, 6.07) is 0. The molecule has 0 bridgehead atoms. The number of likely N-dealkylation sites (tertiary alicyclic amines) is 1. The number of rotatable bonds is 1. The number of amides is 1. The van der Waals surface area contributed by atoms with E-state index in [1.54, 1.807) is 11.9 Å². The predicted molar refractivity (Wildman–Crippen MR) is 43.5 cm³/mol. The molecule has 12 heavy (non-hydrogen) atoms. The van der Waals surface area contributed by atoms with Gasteiger partial charge in [-0.2, -0.15) is 0 Å². The first-order valence-electron chi connectivity index (χ1n) is 4.48. The minimum absolute atomic E-state index is 0.0460. The van der Waals surface area contributed by atoms with Crippen LogP contribution < -0.4 is 0 Å². The number of carbonyl (C=O) groups excluding carboxylic acids is 2. The minimum Gasteiger partial charge on any atom is -0.338 e. The Morgan fingerprint density at radius 1 is 1.33 bits per heavy atom. The summed E-state index contributed by atoms with van der Waals surface area (Å²) in [6.45, 7) is 0.333. The summed E-state index contributed by atoms with van der Waals surface area (Å²) in [5.74, 6) is 0.274. The van der Waals surface area contributed by atoms with Gasteiger partial charge in [-0.1, -0.05) is 6.42 Å². The quantitative estimate of drug-likeness (QED) is 0.531. The summed E-state index contributed by atoms with van der Waals surface area (Å²) >= 11 is 0. The normalized spacial score (nSPS) is 31.1. The van der Waals surface area contributed by atoms with Crippen LogP contribution in [-0.4, -0.2) is 30.2 Å². The Balaban J connectivity index is 2.12. The molecular weight excluding hydrogens is 154 g/mol. The van der Waals surface area contributed by atoms with Crippen molar-refractivity contribution < 1.29 is 9.59 Å². The molecule has 0 radical (unpaired) electrons. The molecule has 1 heterocycles. The van der Waals surface area contributed by atoms with E-state index in [4.69, 9.17) is 0 Å². The summed E-state index contributed by atoms with van der Waals surface area (Å²) in [6.07, 6.45) is 3.32. The van der Waals surface area contributed by atoms with Gasteiger partial charge in [-0.05, 0) is 18.8 Å². The number of carbonyl (C=O) groups is 2. The summed E-state index contributed by atoms with van der Waals surface area (Å²) in [5.41, 5.74) is 0. The van der Waals surface area contributed by atoms with E-state index in [9.17, 15) is 9.59 Å². The van der Waals surface area contributed by atoms with Crippen LogP contribution in [0.2, 0.25) is 0 Å². The highest BCUT2D eigenvalue weighted by Gasteiger charge is 2.44. The molecule has 0 aromatic rings. The first kappa shape index (κ1) is 7.77. The van der Waals surface area contributed by atoms with Crippen molar-refractivity contribution >= 4 is 11.7 Å². The minimum atomic E-state index is -0.274. The van der Waals surface area contributed by atoms with Gasteiger partial charge >= 0.3 is 0 Å². The molecule has 1 saturated heterocycles. The molecular formula is C9H13NO2. The van der Waals surface area contributed by atoms with Crippen LogP contribution >= 0.6 is 0 Å². The molecule has 1 amide bonds. The van der Waals surface area contributed by atoms with Crippen LogP contribution in [0.1, 0.15) is 19.3 Å². The molecule has 66 valence electrons. The molecule has 2 fully saturated rings. The summed E-state index contributed by atoms with van der Waals surface area (Å²) in [5, 5.41) is 0. The second-order valence-corrected chi connectivity index (χ2v) is 3.83. The van der Waals surface area contributed by atoms with Crippen molar-refractivity contribution in [1.29, 1.82) is 0 Å². The van der Waals surface area contributed by atoms with Crippen molar-refractivity contribution in [2.24, 2.45) is 11.8 Å². The average molecular weight is 167 g/mol. The van der Waals surface area contributed by atoms with Gasteiger partial charge < -0.3 is 4.90 Å². The second kappa shape index (κ2) is 2.57. The van der Waals surface area contributed by atoms with Gasteiger partial charge in [-0.3, -0.25) is 9.59 Å². The third-order valence-electron chi connectivity index (χ3n) is 3.00. The zero-order valence-corrected chi connectivity index (χ0v) is 7.25. The highest BCUT2D eigenvalue weighted by Crippen LogP contribution is 2.36. The lowest BCUT2D eigenvalue weighted by Crippen LogP contribution is -2.32. The molecule has 1 atom stereocenters. The van der Waals surface area contributed by atoms with Crippen molar-refractivity contribution in [3.05, 3.63) is 0 Å². The molecule has 1 aliphatic heterocycles. The van der Waals surface area contributed by atoms with Crippen LogP contribution in [0.3, 0.4) is 0 Å². The topological polar surface area (TPSA) is 37.4 Å². The fourth-order valence-corrected chi connectivity index (χ4v) is 2.02. The zero-order valence-electron chi connectivity index (χ0n) is 7.25. The number of hydrogen-bond donors (Lipinski definition) is 0.